The van der Waals surface area contributed by atoms with E-state index >= 15 is 0 Å². The SMILES string of the molecule is CCN(CC1CCOC1)C(=O)c1nc(N)n[nH]1. The standard InChI is InChI=1S/C10H17N5O2/c1-2-15(5-7-3-4-17-6-7)9(16)8-12-10(11)14-13-8/h7H,2-6H2,1H3,(H3,11,12,13,14). The second kappa shape index (κ2) is 5.13. The number of amides is 1. The molecule has 0 aliphatic carbocycles. The number of nitrogens with zero attached hydrogens (tertiary/aromatic N) is 3. The molecule has 1 aliphatic rings. The lowest BCUT2D eigenvalue weighted by Crippen LogP contribution is -2.36. The van der Waals surface area contributed by atoms with Crippen molar-refractivity contribution in [2.45, 2.75) is 13.3 Å². The summed E-state index contributed by atoms with van der Waals surface area (Å²) in [5.41, 5.74) is 5.38. The first-order valence-electron chi connectivity index (χ1n) is 5.75. The maximum atomic E-state index is 12.1. The number of H-pyrrole nitrogens is 1. The monoisotopic (exact) mass is 239 g/mol. The third-order valence-electron chi connectivity index (χ3n) is 2.88. The zero-order valence-electron chi connectivity index (χ0n) is 9.85. The van der Waals surface area contributed by atoms with E-state index in [4.69, 9.17) is 10.5 Å². The normalized spacial score (nSPS) is 19.5. The molecule has 0 saturated carbocycles. The number of nitrogens with two attached hydrogens (primary N) is 1. The van der Waals surface area contributed by atoms with Gasteiger partial charge in [-0.15, -0.1) is 5.10 Å². The number of nitrogens with one attached hydrogen (secondary N) is 1. The highest BCUT2D eigenvalue weighted by Crippen LogP contribution is 2.14. The molecule has 0 aromatic carbocycles. The zero-order valence-corrected chi connectivity index (χ0v) is 9.85. The summed E-state index contributed by atoms with van der Waals surface area (Å²) >= 11 is 0. The third-order valence-corrected chi connectivity index (χ3v) is 2.88. The van der Waals surface area contributed by atoms with Gasteiger partial charge in [-0.05, 0) is 13.3 Å². The van der Waals surface area contributed by atoms with Crippen LogP contribution in [0.3, 0.4) is 0 Å². The molecule has 1 aromatic heterocycles. The van der Waals surface area contributed by atoms with Crippen LogP contribution in [0.1, 0.15) is 24.0 Å². The van der Waals surface area contributed by atoms with E-state index in [1.54, 1.807) is 4.90 Å². The Labute approximate surface area is 99.3 Å². The number of hydrogen-bond donors (Lipinski definition) is 2. The Morgan fingerprint density at radius 1 is 1.71 bits per heavy atom. The van der Waals surface area contributed by atoms with Crippen molar-refractivity contribution >= 4 is 11.9 Å². The molecule has 94 valence electrons. The number of anilines is 1. The number of carbonyl (C=O) groups is 1. The maximum Gasteiger partial charge on any atom is 0.291 e. The fourth-order valence-corrected chi connectivity index (χ4v) is 1.91. The van der Waals surface area contributed by atoms with Crippen molar-refractivity contribution < 1.29 is 9.53 Å². The van der Waals surface area contributed by atoms with Crippen LogP contribution in [0.15, 0.2) is 0 Å². The summed E-state index contributed by atoms with van der Waals surface area (Å²) in [7, 11) is 0. The minimum absolute atomic E-state index is 0.0913. The van der Waals surface area contributed by atoms with Crippen molar-refractivity contribution in [3.8, 4) is 0 Å². The molecule has 2 heterocycles. The fraction of sp³-hybridized carbons (Fsp3) is 0.700. The average Bonchev–Trinajstić information content (AvgIpc) is 2.96. The Balaban J connectivity index is 1.99. The first-order valence-corrected chi connectivity index (χ1v) is 5.75. The second-order valence-electron chi connectivity index (χ2n) is 4.12. The number of aromatic amines is 1. The quantitative estimate of drug-likeness (QED) is 0.763. The third kappa shape index (κ3) is 2.73. The summed E-state index contributed by atoms with van der Waals surface area (Å²) in [5, 5.41) is 6.19. The topological polar surface area (TPSA) is 97.1 Å². The number of nitrogen functional groups attached to an aromatic ring is 1. The maximum absolute atomic E-state index is 12.1. The van der Waals surface area contributed by atoms with E-state index in [0.717, 1.165) is 19.6 Å². The highest BCUT2D eigenvalue weighted by molar-refractivity contribution is 5.90. The molecule has 1 atom stereocenters. The van der Waals surface area contributed by atoms with Crippen LogP contribution in [0.5, 0.6) is 0 Å². The molecule has 0 radical (unpaired) electrons. The van der Waals surface area contributed by atoms with Crippen molar-refractivity contribution in [1.29, 1.82) is 0 Å². The van der Waals surface area contributed by atoms with Crippen LogP contribution in [0.2, 0.25) is 0 Å². The minimum Gasteiger partial charge on any atom is -0.381 e. The Hall–Kier alpha value is -1.63. The minimum atomic E-state index is -0.163. The number of hydrogen-bond acceptors (Lipinski definition) is 5. The Bertz CT molecular complexity index is 386. The van der Waals surface area contributed by atoms with Gasteiger partial charge in [0, 0.05) is 25.6 Å². The number of carbonyl (C=O) groups excluding carboxylic acids is 1. The van der Waals surface area contributed by atoms with Gasteiger partial charge in [0.25, 0.3) is 5.91 Å². The summed E-state index contributed by atoms with van der Waals surface area (Å²) in [6.07, 6.45) is 1.00. The van der Waals surface area contributed by atoms with E-state index < -0.39 is 0 Å². The molecule has 1 unspecified atom stereocenters. The van der Waals surface area contributed by atoms with Gasteiger partial charge in [-0.2, -0.15) is 4.98 Å². The lowest BCUT2D eigenvalue weighted by molar-refractivity contribution is 0.0719. The van der Waals surface area contributed by atoms with E-state index in [1.165, 1.54) is 0 Å². The molecule has 3 N–H and O–H groups in total. The summed E-state index contributed by atoms with van der Waals surface area (Å²) in [5.74, 6) is 0.541. The molecule has 1 saturated heterocycles. The molecule has 1 fully saturated rings. The molecule has 1 amide bonds. The van der Waals surface area contributed by atoms with Crippen LogP contribution >= 0.6 is 0 Å². The summed E-state index contributed by atoms with van der Waals surface area (Å²) in [4.78, 5) is 17.7. The van der Waals surface area contributed by atoms with Crippen LogP contribution in [-0.2, 0) is 4.74 Å². The molecule has 17 heavy (non-hydrogen) atoms. The van der Waals surface area contributed by atoms with E-state index in [-0.39, 0.29) is 17.7 Å². The molecule has 1 aromatic rings. The van der Waals surface area contributed by atoms with Crippen molar-refractivity contribution in [3.63, 3.8) is 0 Å². The van der Waals surface area contributed by atoms with E-state index in [2.05, 4.69) is 15.2 Å². The highest BCUT2D eigenvalue weighted by atomic mass is 16.5. The van der Waals surface area contributed by atoms with Gasteiger partial charge < -0.3 is 15.4 Å². The largest absolute Gasteiger partial charge is 0.381 e. The number of aromatic nitrogens is 3. The van der Waals surface area contributed by atoms with E-state index in [1.807, 2.05) is 6.92 Å². The van der Waals surface area contributed by atoms with Gasteiger partial charge >= 0.3 is 0 Å². The van der Waals surface area contributed by atoms with Crippen LogP contribution in [0.4, 0.5) is 5.95 Å². The van der Waals surface area contributed by atoms with Crippen molar-refractivity contribution in [2.75, 3.05) is 32.0 Å². The lowest BCUT2D eigenvalue weighted by atomic mass is 10.1. The zero-order chi connectivity index (χ0) is 12.3. The summed E-state index contributed by atoms with van der Waals surface area (Å²) in [6, 6.07) is 0. The summed E-state index contributed by atoms with van der Waals surface area (Å²) < 4.78 is 5.30. The molecule has 0 bridgehead atoms. The van der Waals surface area contributed by atoms with E-state index in [9.17, 15) is 4.79 Å². The number of ether oxygens (including phenoxy) is 1. The van der Waals surface area contributed by atoms with Gasteiger partial charge in [0.15, 0.2) is 0 Å². The lowest BCUT2D eigenvalue weighted by Gasteiger charge is -2.22. The van der Waals surface area contributed by atoms with Crippen LogP contribution in [-0.4, -0.2) is 52.3 Å². The van der Waals surface area contributed by atoms with E-state index in [0.29, 0.717) is 19.0 Å². The molecule has 0 spiro atoms. The van der Waals surface area contributed by atoms with Gasteiger partial charge in [-0.3, -0.25) is 9.89 Å². The van der Waals surface area contributed by atoms with Gasteiger partial charge in [0.1, 0.15) is 0 Å². The summed E-state index contributed by atoms with van der Waals surface area (Å²) in [6.45, 7) is 4.77. The first-order chi connectivity index (χ1) is 8.20. The molecule has 7 nitrogen and oxygen atoms in total. The molecule has 2 rings (SSSR count). The molecule has 7 heteroatoms. The van der Waals surface area contributed by atoms with Gasteiger partial charge in [0.2, 0.25) is 11.8 Å². The highest BCUT2D eigenvalue weighted by Gasteiger charge is 2.23. The van der Waals surface area contributed by atoms with Crippen LogP contribution in [0.25, 0.3) is 0 Å². The van der Waals surface area contributed by atoms with Crippen molar-refractivity contribution in [1.82, 2.24) is 20.1 Å². The van der Waals surface area contributed by atoms with Crippen LogP contribution in [0, 0.1) is 5.92 Å². The Morgan fingerprint density at radius 3 is 3.06 bits per heavy atom. The number of rotatable bonds is 4. The van der Waals surface area contributed by atoms with Gasteiger partial charge in [-0.25, -0.2) is 0 Å². The van der Waals surface area contributed by atoms with Crippen molar-refractivity contribution in [3.05, 3.63) is 5.82 Å². The Kier molecular flexibility index (Phi) is 3.58. The Morgan fingerprint density at radius 2 is 2.53 bits per heavy atom. The molecule has 1 aliphatic heterocycles. The predicted molar refractivity (Wildman–Crippen MR) is 61.3 cm³/mol. The molecular weight excluding hydrogens is 222 g/mol. The van der Waals surface area contributed by atoms with Crippen LogP contribution < -0.4 is 5.73 Å². The van der Waals surface area contributed by atoms with Crippen molar-refractivity contribution in [2.24, 2.45) is 5.92 Å². The van der Waals surface area contributed by atoms with Gasteiger partial charge in [0.05, 0.1) is 6.61 Å². The van der Waals surface area contributed by atoms with Gasteiger partial charge in [-0.1, -0.05) is 0 Å². The smallest absolute Gasteiger partial charge is 0.291 e. The average molecular weight is 239 g/mol. The first kappa shape index (κ1) is 11.8. The second-order valence-corrected chi connectivity index (χ2v) is 4.12. The molecular formula is C10H17N5O2. The predicted octanol–water partition coefficient (Wildman–Crippen LogP) is -0.114. The fourth-order valence-electron chi connectivity index (χ4n) is 1.91.